The smallest absolute Gasteiger partial charge is 0.256 e. The number of nitrogens with one attached hydrogen (secondary N) is 2. The molecule has 39 heavy (non-hydrogen) atoms. The van der Waals surface area contributed by atoms with Crippen molar-refractivity contribution in [3.05, 3.63) is 76.1 Å². The first kappa shape index (κ1) is 25.5. The Balaban J connectivity index is 1.34. The molecule has 8 heteroatoms. The minimum atomic E-state index is -0.956. The molecule has 4 heterocycles. The zero-order valence-electron chi connectivity index (χ0n) is 22.1. The second kappa shape index (κ2) is 10.4. The molecular weight excluding hydrogens is 498 g/mol. The first-order valence-electron chi connectivity index (χ1n) is 13.8. The van der Waals surface area contributed by atoms with Gasteiger partial charge in [0.1, 0.15) is 0 Å². The number of hydrogen-bond donors (Lipinski definition) is 2. The van der Waals surface area contributed by atoms with Crippen molar-refractivity contribution < 1.29 is 18.4 Å². The van der Waals surface area contributed by atoms with Gasteiger partial charge in [-0.05, 0) is 75.0 Å². The number of anilines is 1. The molecule has 1 aromatic heterocycles. The van der Waals surface area contributed by atoms with E-state index >= 15 is 0 Å². The number of rotatable bonds is 5. The quantitative estimate of drug-likeness (QED) is 0.420. The Hall–Kier alpha value is -3.78. The predicted octanol–water partition coefficient (Wildman–Crippen LogP) is 5.64. The third kappa shape index (κ3) is 4.67. The van der Waals surface area contributed by atoms with Crippen molar-refractivity contribution in [3.63, 3.8) is 0 Å². The molecule has 0 aliphatic carbocycles. The standard InChI is InChI=1S/C31H32F2N4O2/c1-19-26(34-24-12-7-15-37(31(39)27(19)24)17-16-36-13-3-2-4-14-36)18-22-28-20(8-6-11-25(28)35-30(22)38)21-9-5-10-23(32)29(21)33/h5-6,8-11,18,34H,2-4,7,12-17H2,1H3,(H,35,38). The average molecular weight is 531 g/mol. The van der Waals surface area contributed by atoms with E-state index < -0.39 is 11.6 Å². The normalized spacial score (nSPS) is 18.7. The van der Waals surface area contributed by atoms with Crippen LogP contribution < -0.4 is 5.32 Å². The fourth-order valence-corrected chi connectivity index (χ4v) is 6.13. The minimum Gasteiger partial charge on any atom is -0.358 e. The highest BCUT2D eigenvalue weighted by atomic mass is 19.2. The monoisotopic (exact) mass is 530 g/mol. The Morgan fingerprint density at radius 2 is 1.67 bits per heavy atom. The fraction of sp³-hybridized carbons (Fsp3) is 0.355. The van der Waals surface area contributed by atoms with Crippen LogP contribution in [0.3, 0.4) is 0 Å². The maximum absolute atomic E-state index is 14.8. The highest BCUT2D eigenvalue weighted by Crippen LogP contribution is 2.42. The maximum Gasteiger partial charge on any atom is 0.256 e. The van der Waals surface area contributed by atoms with Crippen LogP contribution in [0, 0.1) is 18.6 Å². The molecule has 2 amide bonds. The van der Waals surface area contributed by atoms with Gasteiger partial charge in [-0.25, -0.2) is 8.78 Å². The molecule has 2 aromatic carbocycles. The van der Waals surface area contributed by atoms with Gasteiger partial charge in [0, 0.05) is 47.8 Å². The lowest BCUT2D eigenvalue weighted by molar-refractivity contribution is -0.110. The molecule has 0 saturated carbocycles. The molecule has 0 spiro atoms. The lowest BCUT2D eigenvalue weighted by Crippen LogP contribution is -2.40. The van der Waals surface area contributed by atoms with Gasteiger partial charge in [-0.2, -0.15) is 0 Å². The van der Waals surface area contributed by atoms with Crippen molar-refractivity contribution in [1.29, 1.82) is 0 Å². The number of benzene rings is 2. The number of nitrogens with zero attached hydrogens (tertiary/aromatic N) is 2. The van der Waals surface area contributed by atoms with Crippen LogP contribution >= 0.6 is 0 Å². The van der Waals surface area contributed by atoms with Crippen LogP contribution in [0.25, 0.3) is 22.8 Å². The Kier molecular flexibility index (Phi) is 6.81. The summed E-state index contributed by atoms with van der Waals surface area (Å²) < 4.78 is 28.8. The van der Waals surface area contributed by atoms with E-state index in [1.165, 1.54) is 31.4 Å². The molecule has 2 N–H and O–H groups in total. The highest BCUT2D eigenvalue weighted by Gasteiger charge is 2.31. The molecule has 0 unspecified atom stereocenters. The summed E-state index contributed by atoms with van der Waals surface area (Å²) in [6.45, 7) is 6.41. The summed E-state index contributed by atoms with van der Waals surface area (Å²) in [5.74, 6) is -2.20. The molecule has 0 bridgehead atoms. The third-order valence-corrected chi connectivity index (χ3v) is 8.21. The van der Waals surface area contributed by atoms with Crippen molar-refractivity contribution in [3.8, 4) is 11.1 Å². The van der Waals surface area contributed by atoms with Gasteiger partial charge < -0.3 is 20.1 Å². The largest absolute Gasteiger partial charge is 0.358 e. The van der Waals surface area contributed by atoms with Crippen LogP contribution in [0.1, 0.15) is 58.6 Å². The number of carbonyl (C=O) groups excluding carboxylic acids is 2. The summed E-state index contributed by atoms with van der Waals surface area (Å²) in [5.41, 5.74) is 4.96. The van der Waals surface area contributed by atoms with Crippen LogP contribution in [0.15, 0.2) is 36.4 Å². The molecule has 6 nitrogen and oxygen atoms in total. The van der Waals surface area contributed by atoms with Gasteiger partial charge in [0.05, 0.1) is 11.1 Å². The Labute approximate surface area is 226 Å². The molecule has 3 aliphatic heterocycles. The number of fused-ring (bicyclic) bond motifs is 2. The van der Waals surface area contributed by atoms with E-state index in [1.807, 2.05) is 11.8 Å². The molecule has 6 rings (SSSR count). The van der Waals surface area contributed by atoms with Crippen molar-refractivity contribution in [1.82, 2.24) is 14.8 Å². The summed E-state index contributed by atoms with van der Waals surface area (Å²) in [5, 5.41) is 2.85. The van der Waals surface area contributed by atoms with Gasteiger partial charge in [-0.1, -0.05) is 30.7 Å². The summed E-state index contributed by atoms with van der Waals surface area (Å²) >= 11 is 0. The maximum atomic E-state index is 14.8. The molecule has 3 aromatic rings. The second-order valence-corrected chi connectivity index (χ2v) is 10.7. The Bertz CT molecular complexity index is 1490. The van der Waals surface area contributed by atoms with Crippen LogP contribution in [-0.4, -0.2) is 59.3 Å². The summed E-state index contributed by atoms with van der Waals surface area (Å²) in [6.07, 6.45) is 7.06. The van der Waals surface area contributed by atoms with Crippen LogP contribution in [-0.2, 0) is 11.2 Å². The Morgan fingerprint density at radius 3 is 2.49 bits per heavy atom. The number of aromatic nitrogens is 1. The van der Waals surface area contributed by atoms with Crippen molar-refractivity contribution in [2.75, 3.05) is 38.0 Å². The number of aryl methyl sites for hydroxylation is 1. The van der Waals surface area contributed by atoms with Gasteiger partial charge >= 0.3 is 0 Å². The van der Waals surface area contributed by atoms with Gasteiger partial charge in [0.2, 0.25) is 0 Å². The first-order valence-corrected chi connectivity index (χ1v) is 13.8. The van der Waals surface area contributed by atoms with E-state index in [9.17, 15) is 18.4 Å². The van der Waals surface area contributed by atoms with E-state index in [2.05, 4.69) is 15.2 Å². The first-order chi connectivity index (χ1) is 18.9. The van der Waals surface area contributed by atoms with E-state index in [4.69, 9.17) is 0 Å². The third-order valence-electron chi connectivity index (χ3n) is 8.21. The SMILES string of the molecule is Cc1c(C=C2C(=O)Nc3cccc(-c4cccc(F)c4F)c32)[nH]c2c1C(=O)N(CCN1CCCCC1)CCC2. The molecular formula is C31H32F2N4O2. The fourth-order valence-electron chi connectivity index (χ4n) is 6.13. The Morgan fingerprint density at radius 1 is 0.897 bits per heavy atom. The van der Waals surface area contributed by atoms with Crippen molar-refractivity contribution in [2.45, 2.75) is 39.0 Å². The van der Waals surface area contributed by atoms with Gasteiger partial charge in [-0.3, -0.25) is 9.59 Å². The summed E-state index contributed by atoms with van der Waals surface area (Å²) in [7, 11) is 0. The zero-order valence-corrected chi connectivity index (χ0v) is 22.1. The zero-order chi connectivity index (χ0) is 27.1. The van der Waals surface area contributed by atoms with Crippen LogP contribution in [0.4, 0.5) is 14.5 Å². The highest BCUT2D eigenvalue weighted by molar-refractivity contribution is 6.36. The topological polar surface area (TPSA) is 68.4 Å². The van der Waals surface area contributed by atoms with E-state index in [1.54, 1.807) is 24.3 Å². The van der Waals surface area contributed by atoms with Gasteiger partial charge in [0.15, 0.2) is 11.6 Å². The van der Waals surface area contributed by atoms with Crippen molar-refractivity contribution in [2.24, 2.45) is 0 Å². The molecule has 3 aliphatic rings. The minimum absolute atomic E-state index is 0.0247. The number of aromatic amines is 1. The van der Waals surface area contributed by atoms with Gasteiger partial charge in [0.25, 0.3) is 11.8 Å². The van der Waals surface area contributed by atoms with E-state index in [0.717, 1.165) is 56.3 Å². The molecule has 0 radical (unpaired) electrons. The van der Waals surface area contributed by atoms with E-state index in [-0.39, 0.29) is 17.4 Å². The molecule has 0 atom stereocenters. The average Bonchev–Trinajstić information content (AvgIpc) is 3.37. The molecule has 202 valence electrons. The number of likely N-dealkylation sites (tertiary alicyclic amines) is 1. The number of amides is 2. The number of H-pyrrole nitrogens is 1. The second-order valence-electron chi connectivity index (χ2n) is 10.7. The number of hydrogen-bond acceptors (Lipinski definition) is 3. The summed E-state index contributed by atoms with van der Waals surface area (Å²) in [6, 6.07) is 9.18. The number of carbonyl (C=O) groups is 2. The number of piperidine rings is 1. The molecule has 1 fully saturated rings. The van der Waals surface area contributed by atoms with Crippen LogP contribution in [0.5, 0.6) is 0 Å². The van der Waals surface area contributed by atoms with E-state index in [0.29, 0.717) is 40.2 Å². The lowest BCUT2D eigenvalue weighted by atomic mass is 9.93. The predicted molar refractivity (Wildman–Crippen MR) is 148 cm³/mol. The molecule has 1 saturated heterocycles. The van der Waals surface area contributed by atoms with Crippen LogP contribution in [0.2, 0.25) is 0 Å². The summed E-state index contributed by atoms with van der Waals surface area (Å²) in [4.78, 5) is 34.6. The van der Waals surface area contributed by atoms with Crippen molar-refractivity contribution >= 4 is 29.2 Å². The lowest BCUT2D eigenvalue weighted by Gasteiger charge is -2.29. The van der Waals surface area contributed by atoms with Gasteiger partial charge in [-0.15, -0.1) is 0 Å². The number of halogens is 2.